The Bertz CT molecular complexity index is 496. The maximum Gasteiger partial charge on any atom is 0.224 e. The average molecular weight is 244 g/mol. The van der Waals surface area contributed by atoms with Gasteiger partial charge in [-0.2, -0.15) is 4.98 Å². The quantitative estimate of drug-likeness (QED) is 0.832. The van der Waals surface area contributed by atoms with Crippen molar-refractivity contribution in [2.75, 3.05) is 17.2 Å². The highest BCUT2D eigenvalue weighted by Gasteiger charge is 1.99. The molecular formula is C12H16N6. The zero-order valence-corrected chi connectivity index (χ0v) is 10.5. The maximum atomic E-state index is 4.31. The molecule has 2 aromatic rings. The molecule has 0 unspecified atom stereocenters. The normalized spacial score (nSPS) is 10.1. The molecule has 0 aliphatic rings. The third kappa shape index (κ3) is 3.38. The predicted molar refractivity (Wildman–Crippen MR) is 70.3 cm³/mol. The summed E-state index contributed by atoms with van der Waals surface area (Å²) in [5, 5.41) is 6.25. The molecule has 0 aliphatic carbocycles. The Morgan fingerprint density at radius 2 is 2.00 bits per heavy atom. The van der Waals surface area contributed by atoms with Gasteiger partial charge in [0.05, 0.1) is 24.1 Å². The van der Waals surface area contributed by atoms with Gasteiger partial charge in [0.1, 0.15) is 5.82 Å². The van der Waals surface area contributed by atoms with E-state index in [9.17, 15) is 0 Å². The molecule has 0 amide bonds. The molecule has 0 spiro atoms. The van der Waals surface area contributed by atoms with Crippen molar-refractivity contribution in [1.82, 2.24) is 19.9 Å². The first-order valence-corrected chi connectivity index (χ1v) is 5.86. The minimum atomic E-state index is 0.593. The number of nitrogens with zero attached hydrogens (tertiary/aromatic N) is 4. The molecule has 0 saturated carbocycles. The minimum absolute atomic E-state index is 0.593. The Hall–Kier alpha value is -2.24. The summed E-state index contributed by atoms with van der Waals surface area (Å²) in [5.74, 6) is 1.39. The van der Waals surface area contributed by atoms with Gasteiger partial charge < -0.3 is 10.6 Å². The van der Waals surface area contributed by atoms with Crippen LogP contribution in [0.25, 0.3) is 0 Å². The lowest BCUT2D eigenvalue weighted by molar-refractivity contribution is 0.971. The first kappa shape index (κ1) is 12.2. The Morgan fingerprint density at radius 1 is 1.11 bits per heavy atom. The van der Waals surface area contributed by atoms with Gasteiger partial charge in [-0.3, -0.25) is 9.97 Å². The highest BCUT2D eigenvalue weighted by atomic mass is 15.1. The van der Waals surface area contributed by atoms with E-state index in [1.165, 1.54) is 0 Å². The summed E-state index contributed by atoms with van der Waals surface area (Å²) in [7, 11) is 0. The molecule has 0 aliphatic heterocycles. The van der Waals surface area contributed by atoms with Crippen molar-refractivity contribution in [1.29, 1.82) is 0 Å². The summed E-state index contributed by atoms with van der Waals surface area (Å²) in [6, 6.07) is 1.82. The summed E-state index contributed by atoms with van der Waals surface area (Å²) in [6.45, 7) is 5.31. The molecule has 2 rings (SSSR count). The number of rotatable bonds is 5. The lowest BCUT2D eigenvalue weighted by Gasteiger charge is -2.06. The predicted octanol–water partition coefficient (Wildman–Crippen LogP) is 1.62. The summed E-state index contributed by atoms with van der Waals surface area (Å²) in [4.78, 5) is 16.9. The van der Waals surface area contributed by atoms with Crippen molar-refractivity contribution in [2.24, 2.45) is 0 Å². The zero-order valence-electron chi connectivity index (χ0n) is 10.5. The van der Waals surface area contributed by atoms with E-state index in [-0.39, 0.29) is 0 Å². The molecule has 2 heterocycles. The minimum Gasteiger partial charge on any atom is -0.364 e. The molecular weight excluding hydrogens is 228 g/mol. The van der Waals surface area contributed by atoms with Gasteiger partial charge in [-0.25, -0.2) is 4.98 Å². The van der Waals surface area contributed by atoms with Crippen molar-refractivity contribution in [3.63, 3.8) is 0 Å². The largest absolute Gasteiger partial charge is 0.364 e. The molecule has 6 nitrogen and oxygen atoms in total. The standard InChI is InChI=1S/C12H16N6/c1-3-13-12-14-5-4-11(18-12)17-8-10-7-15-9(2)6-16-10/h4-7H,3,8H2,1-2H3,(H2,13,14,17,18). The first-order chi connectivity index (χ1) is 8.78. The van der Waals surface area contributed by atoms with Crippen LogP contribution in [0.5, 0.6) is 0 Å². The van der Waals surface area contributed by atoms with E-state index in [4.69, 9.17) is 0 Å². The van der Waals surface area contributed by atoms with Gasteiger partial charge in [0.15, 0.2) is 0 Å². The molecule has 2 aromatic heterocycles. The Balaban J connectivity index is 1.97. The molecule has 0 aromatic carbocycles. The summed E-state index contributed by atoms with van der Waals surface area (Å²) < 4.78 is 0. The number of aryl methyl sites for hydroxylation is 1. The lowest BCUT2D eigenvalue weighted by atomic mass is 10.4. The topological polar surface area (TPSA) is 75.6 Å². The first-order valence-electron chi connectivity index (χ1n) is 5.86. The molecule has 18 heavy (non-hydrogen) atoms. The monoisotopic (exact) mass is 244 g/mol. The van der Waals surface area contributed by atoms with E-state index < -0.39 is 0 Å². The van der Waals surface area contributed by atoms with Crippen LogP contribution in [-0.2, 0) is 6.54 Å². The number of nitrogens with one attached hydrogen (secondary N) is 2. The van der Waals surface area contributed by atoms with Gasteiger partial charge in [0, 0.05) is 18.9 Å². The fourth-order valence-electron chi connectivity index (χ4n) is 1.39. The van der Waals surface area contributed by atoms with Gasteiger partial charge in [0.2, 0.25) is 5.95 Å². The van der Waals surface area contributed by atoms with E-state index >= 15 is 0 Å². The second kappa shape index (κ2) is 5.90. The molecule has 0 fully saturated rings. The highest BCUT2D eigenvalue weighted by Crippen LogP contribution is 2.06. The molecule has 0 radical (unpaired) electrons. The van der Waals surface area contributed by atoms with Crippen LogP contribution < -0.4 is 10.6 Å². The van der Waals surface area contributed by atoms with Crippen molar-refractivity contribution in [2.45, 2.75) is 20.4 Å². The van der Waals surface area contributed by atoms with E-state index in [2.05, 4.69) is 30.6 Å². The average Bonchev–Trinajstić information content (AvgIpc) is 2.39. The van der Waals surface area contributed by atoms with Crippen LogP contribution in [0.1, 0.15) is 18.3 Å². The van der Waals surface area contributed by atoms with E-state index in [1.807, 2.05) is 19.9 Å². The van der Waals surface area contributed by atoms with Crippen LogP contribution in [0.15, 0.2) is 24.7 Å². The zero-order chi connectivity index (χ0) is 12.8. The van der Waals surface area contributed by atoms with Crippen molar-refractivity contribution in [3.05, 3.63) is 36.0 Å². The smallest absolute Gasteiger partial charge is 0.224 e. The van der Waals surface area contributed by atoms with Crippen LogP contribution in [0, 0.1) is 6.92 Å². The second-order valence-electron chi connectivity index (χ2n) is 3.80. The lowest BCUT2D eigenvalue weighted by Crippen LogP contribution is -2.07. The molecule has 94 valence electrons. The molecule has 0 atom stereocenters. The third-order valence-electron chi connectivity index (χ3n) is 2.28. The Morgan fingerprint density at radius 3 is 2.72 bits per heavy atom. The number of hydrogen-bond donors (Lipinski definition) is 2. The van der Waals surface area contributed by atoms with Gasteiger partial charge in [-0.15, -0.1) is 0 Å². The summed E-state index contributed by atoms with van der Waals surface area (Å²) in [5.41, 5.74) is 1.79. The SMILES string of the molecule is CCNc1nccc(NCc2cnc(C)cn2)n1. The van der Waals surface area contributed by atoms with Crippen LogP contribution in [0.4, 0.5) is 11.8 Å². The van der Waals surface area contributed by atoms with Crippen molar-refractivity contribution >= 4 is 11.8 Å². The number of anilines is 2. The van der Waals surface area contributed by atoms with Crippen molar-refractivity contribution < 1.29 is 0 Å². The van der Waals surface area contributed by atoms with Crippen molar-refractivity contribution in [3.8, 4) is 0 Å². The number of hydrogen-bond acceptors (Lipinski definition) is 6. The summed E-state index contributed by atoms with van der Waals surface area (Å²) in [6.07, 6.45) is 5.23. The van der Waals surface area contributed by atoms with Gasteiger partial charge >= 0.3 is 0 Å². The Labute approximate surface area is 106 Å². The fraction of sp³-hybridized carbons (Fsp3) is 0.333. The second-order valence-corrected chi connectivity index (χ2v) is 3.80. The Kier molecular flexibility index (Phi) is 4.01. The van der Waals surface area contributed by atoms with E-state index in [0.29, 0.717) is 12.5 Å². The van der Waals surface area contributed by atoms with E-state index in [0.717, 1.165) is 23.8 Å². The van der Waals surface area contributed by atoms with Crippen LogP contribution in [0.2, 0.25) is 0 Å². The number of aromatic nitrogens is 4. The molecule has 2 N–H and O–H groups in total. The van der Waals surface area contributed by atoms with E-state index in [1.54, 1.807) is 18.6 Å². The maximum absolute atomic E-state index is 4.31. The van der Waals surface area contributed by atoms with Gasteiger partial charge in [-0.05, 0) is 19.9 Å². The molecule has 6 heteroatoms. The fourth-order valence-corrected chi connectivity index (χ4v) is 1.39. The van der Waals surface area contributed by atoms with Gasteiger partial charge in [0.25, 0.3) is 0 Å². The van der Waals surface area contributed by atoms with Crippen LogP contribution in [-0.4, -0.2) is 26.5 Å². The molecule has 0 bridgehead atoms. The van der Waals surface area contributed by atoms with Crippen LogP contribution in [0.3, 0.4) is 0 Å². The van der Waals surface area contributed by atoms with Crippen LogP contribution >= 0.6 is 0 Å². The molecule has 0 saturated heterocycles. The highest BCUT2D eigenvalue weighted by molar-refractivity contribution is 5.39. The summed E-state index contributed by atoms with van der Waals surface area (Å²) >= 11 is 0. The third-order valence-corrected chi connectivity index (χ3v) is 2.28. The van der Waals surface area contributed by atoms with Gasteiger partial charge in [-0.1, -0.05) is 0 Å².